The molecule has 26 heavy (non-hydrogen) atoms. The molecule has 0 spiro atoms. The highest BCUT2D eigenvalue weighted by Gasteiger charge is 2.27. The molecule has 7 heteroatoms. The lowest BCUT2D eigenvalue weighted by molar-refractivity contribution is 0.0659. The summed E-state index contributed by atoms with van der Waals surface area (Å²) in [7, 11) is 1.81. The summed E-state index contributed by atoms with van der Waals surface area (Å²) in [5.74, 6) is 0.604. The molecule has 1 amide bonds. The van der Waals surface area contributed by atoms with Gasteiger partial charge in [-0.15, -0.1) is 0 Å². The topological polar surface area (TPSA) is 83.9 Å². The van der Waals surface area contributed by atoms with Gasteiger partial charge in [-0.3, -0.25) is 14.7 Å². The first-order valence-electron chi connectivity index (χ1n) is 9.28. The highest BCUT2D eigenvalue weighted by molar-refractivity contribution is 5.92. The number of hydrogen-bond donors (Lipinski definition) is 1. The van der Waals surface area contributed by atoms with Gasteiger partial charge in [0.25, 0.3) is 17.4 Å². The lowest BCUT2D eigenvalue weighted by atomic mass is 9.84. The largest absolute Gasteiger partial charge is 0.337 e. The molecule has 0 aliphatic heterocycles. The second-order valence-electron chi connectivity index (χ2n) is 7.35. The van der Waals surface area contributed by atoms with Gasteiger partial charge in [0.2, 0.25) is 0 Å². The van der Waals surface area contributed by atoms with E-state index in [0.717, 1.165) is 24.2 Å². The molecular weight excluding hydrogens is 330 g/mol. The van der Waals surface area contributed by atoms with Crippen molar-refractivity contribution in [1.82, 2.24) is 24.6 Å². The summed E-state index contributed by atoms with van der Waals surface area (Å²) in [5, 5.41) is 2.88. The fourth-order valence-electron chi connectivity index (χ4n) is 3.77. The molecule has 2 aromatic heterocycles. The van der Waals surface area contributed by atoms with E-state index in [0.29, 0.717) is 5.92 Å². The molecule has 1 aliphatic carbocycles. The Morgan fingerprint density at radius 1 is 1.19 bits per heavy atom. The van der Waals surface area contributed by atoms with Crippen LogP contribution in [0.25, 0.3) is 5.95 Å². The molecule has 140 valence electrons. The van der Waals surface area contributed by atoms with Crippen LogP contribution in [0.2, 0.25) is 0 Å². The normalized spacial score (nSPS) is 16.5. The number of nitrogens with one attached hydrogen (secondary N) is 1. The zero-order valence-electron chi connectivity index (χ0n) is 16.0. The molecule has 3 rings (SSSR count). The Labute approximate surface area is 153 Å². The molecule has 0 bridgehead atoms. The Balaban J connectivity index is 1.83. The van der Waals surface area contributed by atoms with Crippen molar-refractivity contribution in [3.63, 3.8) is 0 Å². The van der Waals surface area contributed by atoms with Crippen molar-refractivity contribution in [1.29, 1.82) is 0 Å². The highest BCUT2D eigenvalue weighted by atomic mass is 16.2. The minimum Gasteiger partial charge on any atom is -0.337 e. The van der Waals surface area contributed by atoms with Crippen LogP contribution in [0.1, 0.15) is 60.9 Å². The van der Waals surface area contributed by atoms with Gasteiger partial charge in [0.15, 0.2) is 0 Å². The Bertz CT molecular complexity index is 828. The average Bonchev–Trinajstić information content (AvgIpc) is 3.01. The number of carbonyl (C=O) groups is 1. The first kappa shape index (κ1) is 18.4. The number of amides is 1. The van der Waals surface area contributed by atoms with E-state index in [1.807, 2.05) is 27.0 Å². The van der Waals surface area contributed by atoms with Crippen LogP contribution < -0.4 is 5.56 Å². The molecule has 0 saturated heterocycles. The van der Waals surface area contributed by atoms with Crippen LogP contribution in [0, 0.1) is 19.8 Å². The number of aromatic nitrogens is 4. The highest BCUT2D eigenvalue weighted by Crippen LogP contribution is 2.28. The van der Waals surface area contributed by atoms with Crippen molar-refractivity contribution >= 4 is 5.91 Å². The molecule has 0 radical (unpaired) electrons. The van der Waals surface area contributed by atoms with Crippen molar-refractivity contribution in [3.8, 4) is 5.95 Å². The van der Waals surface area contributed by atoms with Crippen LogP contribution in [0.5, 0.6) is 0 Å². The van der Waals surface area contributed by atoms with Crippen molar-refractivity contribution in [2.24, 2.45) is 5.92 Å². The van der Waals surface area contributed by atoms with Crippen LogP contribution in [0.3, 0.4) is 0 Å². The number of hydrogen-bond acceptors (Lipinski definition) is 4. The van der Waals surface area contributed by atoms with Gasteiger partial charge >= 0.3 is 0 Å². The molecule has 1 aliphatic rings. The van der Waals surface area contributed by atoms with Crippen molar-refractivity contribution in [2.75, 3.05) is 7.05 Å². The van der Waals surface area contributed by atoms with Crippen LogP contribution in [-0.4, -0.2) is 43.6 Å². The smallest absolute Gasteiger partial charge is 0.274 e. The van der Waals surface area contributed by atoms with Crippen LogP contribution >= 0.6 is 0 Å². The molecule has 0 aromatic carbocycles. The van der Waals surface area contributed by atoms with Gasteiger partial charge in [-0.05, 0) is 45.6 Å². The Morgan fingerprint density at radius 3 is 2.42 bits per heavy atom. The average molecular weight is 357 g/mol. The second-order valence-corrected chi connectivity index (χ2v) is 7.35. The molecule has 7 nitrogen and oxygen atoms in total. The summed E-state index contributed by atoms with van der Waals surface area (Å²) in [5.41, 5.74) is 1.47. The maximum absolute atomic E-state index is 12.9. The first-order chi connectivity index (χ1) is 12.4. The predicted octanol–water partition coefficient (Wildman–Crippen LogP) is 2.61. The Morgan fingerprint density at radius 2 is 1.81 bits per heavy atom. The molecular formula is C19H27N5O2. The van der Waals surface area contributed by atoms with E-state index in [4.69, 9.17) is 0 Å². The zero-order chi connectivity index (χ0) is 18.8. The van der Waals surface area contributed by atoms with Crippen molar-refractivity contribution in [3.05, 3.63) is 39.6 Å². The van der Waals surface area contributed by atoms with Gasteiger partial charge in [0, 0.05) is 30.5 Å². The minimum absolute atomic E-state index is 0.145. The molecule has 2 heterocycles. The van der Waals surface area contributed by atoms with Gasteiger partial charge < -0.3 is 4.90 Å². The Kier molecular flexibility index (Phi) is 5.25. The third-order valence-electron chi connectivity index (χ3n) is 5.38. The molecule has 1 fully saturated rings. The zero-order valence-corrected chi connectivity index (χ0v) is 16.0. The minimum atomic E-state index is -0.336. The van der Waals surface area contributed by atoms with E-state index >= 15 is 0 Å². The summed E-state index contributed by atoms with van der Waals surface area (Å²) in [6.07, 6.45) is 6.06. The second kappa shape index (κ2) is 7.43. The summed E-state index contributed by atoms with van der Waals surface area (Å²) in [6, 6.07) is 3.31. The quantitative estimate of drug-likeness (QED) is 0.912. The fraction of sp³-hybridized carbons (Fsp3) is 0.579. The van der Waals surface area contributed by atoms with Gasteiger partial charge in [0.1, 0.15) is 5.69 Å². The third-order valence-corrected chi connectivity index (χ3v) is 5.38. The number of aromatic amines is 1. The van der Waals surface area contributed by atoms with E-state index in [1.165, 1.54) is 30.0 Å². The Hall–Kier alpha value is -2.44. The lowest BCUT2D eigenvalue weighted by Gasteiger charge is -2.34. The van der Waals surface area contributed by atoms with Gasteiger partial charge in [-0.2, -0.15) is 4.68 Å². The van der Waals surface area contributed by atoms with Gasteiger partial charge in [-0.1, -0.05) is 19.3 Å². The monoisotopic (exact) mass is 357 g/mol. The number of H-pyrrole nitrogens is 1. The first-order valence-corrected chi connectivity index (χ1v) is 9.28. The van der Waals surface area contributed by atoms with Crippen LogP contribution in [-0.2, 0) is 0 Å². The van der Waals surface area contributed by atoms with E-state index in [2.05, 4.69) is 22.0 Å². The van der Waals surface area contributed by atoms with Gasteiger partial charge in [-0.25, -0.2) is 9.97 Å². The van der Waals surface area contributed by atoms with E-state index in [1.54, 1.807) is 4.90 Å². The third kappa shape index (κ3) is 3.71. The summed E-state index contributed by atoms with van der Waals surface area (Å²) >= 11 is 0. The van der Waals surface area contributed by atoms with E-state index < -0.39 is 0 Å². The van der Waals surface area contributed by atoms with E-state index in [9.17, 15) is 9.59 Å². The number of nitrogens with zero attached hydrogens (tertiary/aromatic N) is 4. The van der Waals surface area contributed by atoms with Gasteiger partial charge in [0.05, 0.1) is 0 Å². The fourth-order valence-corrected chi connectivity index (χ4v) is 3.77. The number of aryl methyl sites for hydroxylation is 2. The predicted molar refractivity (Wildman–Crippen MR) is 99.6 cm³/mol. The summed E-state index contributed by atoms with van der Waals surface area (Å²) < 4.78 is 1.23. The molecule has 1 unspecified atom stereocenters. The molecule has 1 saturated carbocycles. The number of carbonyl (C=O) groups excluding carboxylic acids is 1. The maximum atomic E-state index is 12.9. The van der Waals surface area contributed by atoms with Crippen LogP contribution in [0.4, 0.5) is 0 Å². The van der Waals surface area contributed by atoms with Crippen molar-refractivity contribution in [2.45, 2.75) is 58.9 Å². The summed E-state index contributed by atoms with van der Waals surface area (Å²) in [6.45, 7) is 5.78. The molecule has 1 atom stereocenters. The molecule has 2 aromatic rings. The SMILES string of the molecule is Cc1cc(C)nc(-n2[nH]c(C(=O)N(C)C(C)C3CCCCC3)cc2=O)n1. The van der Waals surface area contributed by atoms with Crippen molar-refractivity contribution < 1.29 is 4.79 Å². The van der Waals surface area contributed by atoms with Crippen LogP contribution in [0.15, 0.2) is 16.9 Å². The number of rotatable bonds is 4. The maximum Gasteiger partial charge on any atom is 0.274 e. The lowest BCUT2D eigenvalue weighted by Crippen LogP contribution is -2.40. The standard InChI is InChI=1S/C19H27N5O2/c1-12-10-13(2)21-19(20-12)24-17(25)11-16(22-24)18(26)23(4)14(3)15-8-6-5-7-9-15/h10-11,14-15,22H,5-9H2,1-4H3. The molecule has 1 N–H and O–H groups in total. The van der Waals surface area contributed by atoms with E-state index in [-0.39, 0.29) is 29.2 Å². The summed E-state index contributed by atoms with van der Waals surface area (Å²) in [4.78, 5) is 35.5.